The van der Waals surface area contributed by atoms with E-state index in [1.54, 1.807) is 11.3 Å². The van der Waals surface area contributed by atoms with Crippen molar-refractivity contribution in [2.45, 2.75) is 25.0 Å². The van der Waals surface area contributed by atoms with E-state index in [2.05, 4.69) is 5.32 Å². The van der Waals surface area contributed by atoms with Gasteiger partial charge in [0, 0.05) is 24.4 Å². The van der Waals surface area contributed by atoms with Crippen LogP contribution in [-0.4, -0.2) is 54.8 Å². The van der Waals surface area contributed by atoms with Crippen LogP contribution in [0.4, 0.5) is 0 Å². The van der Waals surface area contributed by atoms with Crippen molar-refractivity contribution in [3.05, 3.63) is 22.4 Å². The van der Waals surface area contributed by atoms with E-state index in [1.165, 1.54) is 0 Å². The van der Waals surface area contributed by atoms with Crippen LogP contribution in [0, 0.1) is 5.92 Å². The molecule has 21 heavy (non-hydrogen) atoms. The zero-order valence-corrected chi connectivity index (χ0v) is 12.8. The Balaban J connectivity index is 1.65. The second kappa shape index (κ2) is 6.87. The summed E-state index contributed by atoms with van der Waals surface area (Å²) in [5.74, 6) is 0.302. The second-order valence-electron chi connectivity index (χ2n) is 5.72. The topological polar surface area (TPSA) is 61.8 Å². The SMILES string of the molecule is O=C(C1CCNC1)N1CCOCC1CC(O)c1cccs1. The van der Waals surface area contributed by atoms with Gasteiger partial charge in [-0.2, -0.15) is 0 Å². The molecule has 3 unspecified atom stereocenters. The van der Waals surface area contributed by atoms with Crippen LogP contribution < -0.4 is 5.32 Å². The van der Waals surface area contributed by atoms with Gasteiger partial charge >= 0.3 is 0 Å². The van der Waals surface area contributed by atoms with Gasteiger partial charge in [-0.1, -0.05) is 6.07 Å². The van der Waals surface area contributed by atoms with Gasteiger partial charge < -0.3 is 20.1 Å². The second-order valence-corrected chi connectivity index (χ2v) is 6.70. The first-order valence-corrected chi connectivity index (χ1v) is 8.44. The molecule has 3 atom stereocenters. The summed E-state index contributed by atoms with van der Waals surface area (Å²) in [6.07, 6.45) is 0.941. The van der Waals surface area contributed by atoms with E-state index in [1.807, 2.05) is 22.4 Å². The number of amides is 1. The van der Waals surface area contributed by atoms with Gasteiger partial charge in [0.25, 0.3) is 0 Å². The van der Waals surface area contributed by atoms with Crippen molar-refractivity contribution in [3.63, 3.8) is 0 Å². The van der Waals surface area contributed by atoms with Crippen LogP contribution in [0.3, 0.4) is 0 Å². The summed E-state index contributed by atoms with van der Waals surface area (Å²) in [4.78, 5) is 15.5. The molecular weight excluding hydrogens is 288 g/mol. The van der Waals surface area contributed by atoms with Crippen molar-refractivity contribution in [3.8, 4) is 0 Å². The molecular formula is C15H22N2O3S. The molecule has 0 aliphatic carbocycles. The highest BCUT2D eigenvalue weighted by Gasteiger charge is 2.34. The summed E-state index contributed by atoms with van der Waals surface area (Å²) >= 11 is 1.55. The summed E-state index contributed by atoms with van der Waals surface area (Å²) < 4.78 is 5.53. The molecule has 2 N–H and O–H groups in total. The maximum atomic E-state index is 12.6. The number of nitrogens with one attached hydrogen (secondary N) is 1. The monoisotopic (exact) mass is 310 g/mol. The Labute approximate surface area is 128 Å². The summed E-state index contributed by atoms with van der Waals surface area (Å²) in [5, 5.41) is 15.5. The summed E-state index contributed by atoms with van der Waals surface area (Å²) in [6, 6.07) is 3.85. The highest BCUT2D eigenvalue weighted by molar-refractivity contribution is 7.10. The number of nitrogens with zero attached hydrogens (tertiary/aromatic N) is 1. The largest absolute Gasteiger partial charge is 0.387 e. The molecule has 1 aromatic rings. The van der Waals surface area contributed by atoms with Crippen molar-refractivity contribution < 1.29 is 14.6 Å². The molecule has 116 valence electrons. The third kappa shape index (κ3) is 3.45. The standard InChI is InChI=1S/C15H22N2O3S/c18-13(14-2-1-7-21-14)8-12-10-20-6-5-17(12)15(19)11-3-4-16-9-11/h1-2,7,11-13,16,18H,3-6,8-10H2. The number of carbonyl (C=O) groups is 1. The van der Waals surface area contributed by atoms with E-state index in [0.717, 1.165) is 24.4 Å². The van der Waals surface area contributed by atoms with Crippen molar-refractivity contribution in [1.82, 2.24) is 10.2 Å². The maximum absolute atomic E-state index is 12.6. The van der Waals surface area contributed by atoms with Crippen LogP contribution in [0.5, 0.6) is 0 Å². The van der Waals surface area contributed by atoms with Gasteiger partial charge in [-0.25, -0.2) is 0 Å². The summed E-state index contributed by atoms with van der Waals surface area (Å²) in [7, 11) is 0. The Morgan fingerprint density at radius 2 is 2.52 bits per heavy atom. The molecule has 0 radical (unpaired) electrons. The third-order valence-corrected chi connectivity index (χ3v) is 5.26. The molecule has 2 aliphatic heterocycles. The van der Waals surface area contributed by atoms with E-state index in [-0.39, 0.29) is 17.9 Å². The average Bonchev–Trinajstić information content (AvgIpc) is 3.20. The Morgan fingerprint density at radius 1 is 1.62 bits per heavy atom. The predicted molar refractivity (Wildman–Crippen MR) is 81.2 cm³/mol. The highest BCUT2D eigenvalue weighted by Crippen LogP contribution is 2.27. The van der Waals surface area contributed by atoms with Crippen molar-refractivity contribution in [2.24, 2.45) is 5.92 Å². The molecule has 1 aromatic heterocycles. The number of morpholine rings is 1. The van der Waals surface area contributed by atoms with Crippen LogP contribution in [0.1, 0.15) is 23.8 Å². The predicted octanol–water partition coefficient (Wildman–Crippen LogP) is 1.01. The quantitative estimate of drug-likeness (QED) is 0.871. The molecule has 2 aliphatic rings. The van der Waals surface area contributed by atoms with Crippen LogP contribution in [0.2, 0.25) is 0 Å². The van der Waals surface area contributed by atoms with E-state index >= 15 is 0 Å². The maximum Gasteiger partial charge on any atom is 0.227 e. The van der Waals surface area contributed by atoms with Crippen molar-refractivity contribution >= 4 is 17.2 Å². The molecule has 1 amide bonds. The minimum Gasteiger partial charge on any atom is -0.387 e. The normalized spacial score (nSPS) is 27.8. The number of aliphatic hydroxyl groups is 1. The van der Waals surface area contributed by atoms with Gasteiger partial charge in [-0.3, -0.25) is 4.79 Å². The van der Waals surface area contributed by atoms with E-state index in [9.17, 15) is 9.90 Å². The van der Waals surface area contributed by atoms with Crippen LogP contribution in [0.25, 0.3) is 0 Å². The Hall–Kier alpha value is -0.950. The van der Waals surface area contributed by atoms with E-state index < -0.39 is 6.10 Å². The molecule has 2 saturated heterocycles. The number of hydrogen-bond donors (Lipinski definition) is 2. The summed E-state index contributed by atoms with van der Waals surface area (Å²) in [5.41, 5.74) is 0. The zero-order valence-electron chi connectivity index (χ0n) is 12.0. The molecule has 0 saturated carbocycles. The Kier molecular flexibility index (Phi) is 4.90. The van der Waals surface area contributed by atoms with Crippen LogP contribution in [0.15, 0.2) is 17.5 Å². The molecule has 6 heteroatoms. The van der Waals surface area contributed by atoms with Crippen molar-refractivity contribution in [2.75, 3.05) is 32.8 Å². The first-order chi connectivity index (χ1) is 10.3. The number of aliphatic hydroxyl groups excluding tert-OH is 1. The van der Waals surface area contributed by atoms with Gasteiger partial charge in [-0.05, 0) is 24.4 Å². The first-order valence-electron chi connectivity index (χ1n) is 7.56. The molecule has 0 spiro atoms. The molecule has 3 rings (SSSR count). The third-order valence-electron chi connectivity index (χ3n) is 4.29. The minimum atomic E-state index is -0.520. The van der Waals surface area contributed by atoms with Crippen LogP contribution >= 0.6 is 11.3 Å². The smallest absolute Gasteiger partial charge is 0.227 e. The Morgan fingerprint density at radius 3 is 3.24 bits per heavy atom. The number of rotatable bonds is 4. The lowest BCUT2D eigenvalue weighted by Crippen LogP contribution is -2.51. The lowest BCUT2D eigenvalue weighted by molar-refractivity contribution is -0.144. The molecule has 5 nitrogen and oxygen atoms in total. The van der Waals surface area contributed by atoms with Gasteiger partial charge in [0.1, 0.15) is 0 Å². The van der Waals surface area contributed by atoms with Gasteiger partial charge in [0.15, 0.2) is 0 Å². The zero-order chi connectivity index (χ0) is 14.7. The number of hydrogen-bond acceptors (Lipinski definition) is 5. The van der Waals surface area contributed by atoms with Crippen molar-refractivity contribution in [1.29, 1.82) is 0 Å². The summed E-state index contributed by atoms with van der Waals surface area (Å²) in [6.45, 7) is 3.45. The van der Waals surface area contributed by atoms with Gasteiger partial charge in [0.2, 0.25) is 5.91 Å². The van der Waals surface area contributed by atoms with E-state index in [0.29, 0.717) is 26.2 Å². The Bertz CT molecular complexity index is 459. The minimum absolute atomic E-state index is 0.0241. The van der Waals surface area contributed by atoms with Gasteiger partial charge in [-0.15, -0.1) is 11.3 Å². The fraction of sp³-hybridized carbons (Fsp3) is 0.667. The lowest BCUT2D eigenvalue weighted by Gasteiger charge is -2.38. The lowest BCUT2D eigenvalue weighted by atomic mass is 10.0. The highest BCUT2D eigenvalue weighted by atomic mass is 32.1. The molecule has 0 aromatic carbocycles. The average molecular weight is 310 g/mol. The molecule has 3 heterocycles. The first kappa shape index (κ1) is 15.0. The molecule has 2 fully saturated rings. The number of thiophene rings is 1. The number of ether oxygens (including phenoxy) is 1. The number of carbonyl (C=O) groups excluding carboxylic acids is 1. The van der Waals surface area contributed by atoms with E-state index in [4.69, 9.17) is 4.74 Å². The van der Waals surface area contributed by atoms with Gasteiger partial charge in [0.05, 0.1) is 31.3 Å². The fourth-order valence-electron chi connectivity index (χ4n) is 3.09. The van der Waals surface area contributed by atoms with Crippen LogP contribution in [-0.2, 0) is 9.53 Å². The fourth-order valence-corrected chi connectivity index (χ4v) is 3.82. The molecule has 0 bridgehead atoms.